The number of rotatable bonds is 5. The Bertz CT molecular complexity index is 931. The number of nitrogens with zero attached hydrogens (tertiary/aromatic N) is 1. The van der Waals surface area contributed by atoms with E-state index in [0.29, 0.717) is 26.9 Å². The van der Waals surface area contributed by atoms with Crippen LogP contribution in [0.4, 0.5) is 0 Å². The number of allylic oxidation sites excluding steroid dienone is 1. The zero-order valence-corrected chi connectivity index (χ0v) is 16.7. The molecule has 0 saturated heterocycles. The van der Waals surface area contributed by atoms with Crippen molar-refractivity contribution >= 4 is 47.8 Å². The second-order valence-corrected chi connectivity index (χ2v) is 8.33. The molecule has 0 N–H and O–H groups in total. The molecule has 124 valence electrons. The van der Waals surface area contributed by atoms with Gasteiger partial charge in [-0.2, -0.15) is 5.26 Å². The smallest absolute Gasteiger partial charge is 0.217 e. The normalized spacial score (nSPS) is 11.8. The van der Waals surface area contributed by atoms with Gasteiger partial charge in [0.2, 0.25) is 9.84 Å². The summed E-state index contributed by atoms with van der Waals surface area (Å²) in [6.07, 6.45) is 1.33. The van der Waals surface area contributed by atoms with E-state index < -0.39 is 9.84 Å². The van der Waals surface area contributed by atoms with Crippen LogP contribution in [0.15, 0.2) is 61.2 Å². The van der Waals surface area contributed by atoms with Crippen molar-refractivity contribution in [2.75, 3.05) is 6.61 Å². The third kappa shape index (κ3) is 4.07. The summed E-state index contributed by atoms with van der Waals surface area (Å²) >= 11 is 6.48. The molecule has 0 saturated carbocycles. The maximum atomic E-state index is 12.8. The number of nitriles is 1. The highest BCUT2D eigenvalue weighted by Gasteiger charge is 2.24. The zero-order chi connectivity index (χ0) is 17.7. The number of benzene rings is 2. The van der Waals surface area contributed by atoms with Crippen LogP contribution in [0, 0.1) is 11.3 Å². The Morgan fingerprint density at radius 3 is 2.62 bits per heavy atom. The molecule has 0 unspecified atom stereocenters. The minimum absolute atomic E-state index is 0.0265. The summed E-state index contributed by atoms with van der Waals surface area (Å²) in [4.78, 5) is -0.327. The highest BCUT2D eigenvalue weighted by molar-refractivity contribution is 9.11. The van der Waals surface area contributed by atoms with Crippen molar-refractivity contribution in [3.8, 4) is 11.8 Å². The molecular weight excluding hydrogens is 458 g/mol. The summed E-state index contributed by atoms with van der Waals surface area (Å²) in [5, 5.41) is 9.40. The SMILES string of the molecule is CCOc1ccccc1/C=C(\C#N)S(=O)(=O)c1cc(Br)ccc1Br. The molecule has 24 heavy (non-hydrogen) atoms. The van der Waals surface area contributed by atoms with Gasteiger partial charge in [-0.15, -0.1) is 0 Å². The van der Waals surface area contributed by atoms with Gasteiger partial charge < -0.3 is 4.74 Å². The molecule has 4 nitrogen and oxygen atoms in total. The summed E-state index contributed by atoms with van der Waals surface area (Å²) in [5.41, 5.74) is 0.533. The molecule has 2 rings (SSSR count). The van der Waals surface area contributed by atoms with Crippen molar-refractivity contribution in [1.82, 2.24) is 0 Å². The zero-order valence-electron chi connectivity index (χ0n) is 12.7. The number of sulfone groups is 1. The van der Waals surface area contributed by atoms with Gasteiger partial charge in [-0.25, -0.2) is 8.42 Å². The standard InChI is InChI=1S/C17H13Br2NO3S/c1-2-23-16-6-4-3-5-12(16)9-14(11-20)24(21,22)17-10-13(18)7-8-15(17)19/h3-10H,2H2,1H3/b14-9+. The van der Waals surface area contributed by atoms with E-state index in [2.05, 4.69) is 31.9 Å². The van der Waals surface area contributed by atoms with Crippen molar-refractivity contribution in [1.29, 1.82) is 5.26 Å². The second-order valence-electron chi connectivity index (χ2n) is 4.67. The van der Waals surface area contributed by atoms with Gasteiger partial charge in [0.05, 0.1) is 11.5 Å². The lowest BCUT2D eigenvalue weighted by molar-refractivity contribution is 0.339. The summed E-state index contributed by atoms with van der Waals surface area (Å²) in [6.45, 7) is 2.28. The second kappa shape index (κ2) is 7.97. The fourth-order valence-corrected chi connectivity index (χ4v) is 4.64. The van der Waals surface area contributed by atoms with Crippen LogP contribution < -0.4 is 4.74 Å². The van der Waals surface area contributed by atoms with Crippen molar-refractivity contribution < 1.29 is 13.2 Å². The Hall–Kier alpha value is -1.62. The number of para-hydroxylation sites is 1. The quantitative estimate of drug-likeness (QED) is 0.580. The highest BCUT2D eigenvalue weighted by atomic mass is 79.9. The molecule has 0 atom stereocenters. The average molecular weight is 471 g/mol. The predicted molar refractivity (Wildman–Crippen MR) is 100 cm³/mol. The molecular formula is C17H13Br2NO3S. The van der Waals surface area contributed by atoms with E-state index in [4.69, 9.17) is 4.74 Å². The van der Waals surface area contributed by atoms with E-state index in [1.54, 1.807) is 42.5 Å². The maximum absolute atomic E-state index is 12.8. The number of halogens is 2. The van der Waals surface area contributed by atoms with Crippen LogP contribution in [0.5, 0.6) is 5.75 Å². The van der Waals surface area contributed by atoms with Crippen LogP contribution in [0.25, 0.3) is 6.08 Å². The van der Waals surface area contributed by atoms with Crippen molar-refractivity contribution in [2.45, 2.75) is 11.8 Å². The van der Waals surface area contributed by atoms with Crippen molar-refractivity contribution in [3.63, 3.8) is 0 Å². The molecule has 0 amide bonds. The fourth-order valence-electron chi connectivity index (χ4n) is 2.00. The molecule has 7 heteroatoms. The summed E-state index contributed by atoms with van der Waals surface area (Å²) in [6, 6.07) is 13.5. The van der Waals surface area contributed by atoms with Crippen LogP contribution >= 0.6 is 31.9 Å². The monoisotopic (exact) mass is 469 g/mol. The molecule has 0 aliphatic heterocycles. The van der Waals surface area contributed by atoms with Crippen LogP contribution in [0.3, 0.4) is 0 Å². The van der Waals surface area contributed by atoms with Gasteiger partial charge in [0, 0.05) is 14.5 Å². The highest BCUT2D eigenvalue weighted by Crippen LogP contribution is 2.31. The number of hydrogen-bond donors (Lipinski definition) is 0. The summed E-state index contributed by atoms with van der Waals surface area (Å²) in [5.74, 6) is 0.524. The van der Waals surface area contributed by atoms with Crippen molar-refractivity contribution in [3.05, 3.63) is 61.9 Å². The van der Waals surface area contributed by atoms with Gasteiger partial charge in [0.15, 0.2) is 0 Å². The van der Waals surface area contributed by atoms with E-state index in [1.807, 2.05) is 6.92 Å². The summed E-state index contributed by atoms with van der Waals surface area (Å²) in [7, 11) is -3.97. The van der Waals surface area contributed by atoms with Crippen LogP contribution in [0.1, 0.15) is 12.5 Å². The van der Waals surface area contributed by atoms with Gasteiger partial charge in [-0.1, -0.05) is 34.1 Å². The van der Waals surface area contributed by atoms with E-state index in [-0.39, 0.29) is 9.80 Å². The minimum atomic E-state index is -3.97. The molecule has 0 fully saturated rings. The van der Waals surface area contributed by atoms with Crippen LogP contribution in [0.2, 0.25) is 0 Å². The van der Waals surface area contributed by atoms with Crippen LogP contribution in [-0.2, 0) is 9.84 Å². The first-order valence-electron chi connectivity index (χ1n) is 6.94. The maximum Gasteiger partial charge on any atom is 0.217 e. The van der Waals surface area contributed by atoms with Crippen molar-refractivity contribution in [2.24, 2.45) is 0 Å². The van der Waals surface area contributed by atoms with Gasteiger partial charge in [-0.05, 0) is 53.2 Å². The molecule has 2 aromatic rings. The lowest BCUT2D eigenvalue weighted by Crippen LogP contribution is -2.05. The van der Waals surface area contributed by atoms with Gasteiger partial charge in [0.25, 0.3) is 0 Å². The van der Waals surface area contributed by atoms with E-state index in [1.165, 1.54) is 12.1 Å². The Morgan fingerprint density at radius 2 is 1.96 bits per heavy atom. The molecule has 0 aliphatic carbocycles. The number of ether oxygens (including phenoxy) is 1. The molecule has 2 aromatic carbocycles. The topological polar surface area (TPSA) is 67.2 Å². The predicted octanol–water partition coefficient (Wildman–Crippen LogP) is 4.95. The first-order valence-corrected chi connectivity index (χ1v) is 10.0. The molecule has 0 aromatic heterocycles. The summed E-state index contributed by atoms with van der Waals surface area (Å²) < 4.78 is 32.1. The first kappa shape index (κ1) is 18.7. The Kier molecular flexibility index (Phi) is 6.21. The largest absolute Gasteiger partial charge is 0.493 e. The lowest BCUT2D eigenvalue weighted by atomic mass is 10.2. The molecule has 0 bridgehead atoms. The lowest BCUT2D eigenvalue weighted by Gasteiger charge is -2.09. The van der Waals surface area contributed by atoms with E-state index >= 15 is 0 Å². The van der Waals surface area contributed by atoms with Gasteiger partial charge in [0.1, 0.15) is 16.7 Å². The number of hydrogen-bond acceptors (Lipinski definition) is 4. The molecule has 0 aliphatic rings. The molecule has 0 radical (unpaired) electrons. The Balaban J connectivity index is 2.60. The fraction of sp³-hybridized carbons (Fsp3) is 0.118. The minimum Gasteiger partial charge on any atom is -0.493 e. The third-order valence-corrected chi connectivity index (χ3v) is 6.24. The first-order chi connectivity index (χ1) is 11.4. The molecule has 0 spiro atoms. The molecule has 0 heterocycles. The third-order valence-electron chi connectivity index (χ3n) is 3.09. The Labute approximate surface area is 157 Å². The van der Waals surface area contributed by atoms with Gasteiger partial charge >= 0.3 is 0 Å². The Morgan fingerprint density at radius 1 is 1.25 bits per heavy atom. The van der Waals surface area contributed by atoms with E-state index in [9.17, 15) is 13.7 Å². The van der Waals surface area contributed by atoms with Gasteiger partial charge in [-0.3, -0.25) is 0 Å². The van der Waals surface area contributed by atoms with Crippen LogP contribution in [-0.4, -0.2) is 15.0 Å². The average Bonchev–Trinajstić information content (AvgIpc) is 2.56. The van der Waals surface area contributed by atoms with E-state index in [0.717, 1.165) is 0 Å².